The molecule has 0 aromatic carbocycles. The van der Waals surface area contributed by atoms with Crippen LogP contribution in [0.25, 0.3) is 0 Å². The van der Waals surface area contributed by atoms with E-state index in [1.807, 2.05) is 24.5 Å². The zero-order valence-corrected chi connectivity index (χ0v) is 8.59. The number of hydrogen-bond donors (Lipinski definition) is 1. The predicted molar refractivity (Wildman–Crippen MR) is 55.8 cm³/mol. The Morgan fingerprint density at radius 2 is 2.15 bits per heavy atom. The van der Waals surface area contributed by atoms with Crippen molar-refractivity contribution in [3.05, 3.63) is 30.1 Å². The molecule has 1 heterocycles. The van der Waals surface area contributed by atoms with Gasteiger partial charge in [0, 0.05) is 24.8 Å². The van der Waals surface area contributed by atoms with E-state index in [1.165, 1.54) is 5.56 Å². The fraction of sp³-hybridized carbons (Fsp3) is 0.500. The Balaban J connectivity index is 2.20. The van der Waals surface area contributed by atoms with E-state index in [0.717, 1.165) is 13.1 Å². The number of hydrogen-bond acceptors (Lipinski definition) is 2. The number of aromatic nitrogens is 1. The summed E-state index contributed by atoms with van der Waals surface area (Å²) in [6, 6.07) is 4.02. The van der Waals surface area contributed by atoms with Crippen molar-refractivity contribution in [3.8, 4) is 0 Å². The van der Waals surface area contributed by atoms with E-state index in [4.69, 9.17) is 11.6 Å². The molecule has 0 amide bonds. The Hall–Kier alpha value is -0.600. The third-order valence-corrected chi connectivity index (χ3v) is 2.36. The van der Waals surface area contributed by atoms with Crippen LogP contribution in [0.3, 0.4) is 0 Å². The lowest BCUT2D eigenvalue weighted by Gasteiger charge is -2.08. The van der Waals surface area contributed by atoms with Crippen molar-refractivity contribution in [2.75, 3.05) is 12.4 Å². The maximum Gasteiger partial charge on any atom is 0.0271 e. The molecule has 13 heavy (non-hydrogen) atoms. The Labute approximate surface area is 84.3 Å². The Morgan fingerprint density at radius 1 is 1.46 bits per heavy atom. The first-order chi connectivity index (χ1) is 6.33. The Bertz CT molecular complexity index is 226. The molecule has 0 aliphatic carbocycles. The molecule has 0 fully saturated rings. The summed E-state index contributed by atoms with van der Waals surface area (Å²) in [5.41, 5.74) is 1.26. The average molecular weight is 199 g/mol. The lowest BCUT2D eigenvalue weighted by Crippen LogP contribution is -2.21. The van der Waals surface area contributed by atoms with Crippen LogP contribution in [0, 0.1) is 5.92 Å². The monoisotopic (exact) mass is 198 g/mol. The quantitative estimate of drug-likeness (QED) is 0.733. The molecular formula is C10H15ClN2. The molecule has 1 unspecified atom stereocenters. The van der Waals surface area contributed by atoms with Crippen LogP contribution in [0.15, 0.2) is 24.5 Å². The second-order valence-corrected chi connectivity index (χ2v) is 3.55. The summed E-state index contributed by atoms with van der Waals surface area (Å²) >= 11 is 5.68. The zero-order chi connectivity index (χ0) is 9.52. The van der Waals surface area contributed by atoms with E-state index in [1.54, 1.807) is 0 Å². The van der Waals surface area contributed by atoms with Crippen LogP contribution in [-0.4, -0.2) is 17.4 Å². The van der Waals surface area contributed by atoms with Crippen molar-refractivity contribution in [1.82, 2.24) is 10.3 Å². The van der Waals surface area contributed by atoms with Crippen LogP contribution in [-0.2, 0) is 6.54 Å². The largest absolute Gasteiger partial charge is 0.312 e. The van der Waals surface area contributed by atoms with Gasteiger partial charge in [-0.25, -0.2) is 0 Å². The zero-order valence-electron chi connectivity index (χ0n) is 7.83. The maximum absolute atomic E-state index is 5.68. The Morgan fingerprint density at radius 3 is 2.77 bits per heavy atom. The standard InChI is InChI=1S/C10H15ClN2/c1-9(6-11)7-13-8-10-2-4-12-5-3-10/h2-5,9,13H,6-8H2,1H3. The molecule has 0 spiro atoms. The van der Waals surface area contributed by atoms with Crippen LogP contribution in [0.5, 0.6) is 0 Å². The second kappa shape index (κ2) is 5.95. The number of rotatable bonds is 5. The van der Waals surface area contributed by atoms with Crippen molar-refractivity contribution in [2.45, 2.75) is 13.5 Å². The minimum Gasteiger partial charge on any atom is -0.312 e. The number of pyridine rings is 1. The first kappa shape index (κ1) is 10.5. The van der Waals surface area contributed by atoms with Crippen LogP contribution >= 0.6 is 11.6 Å². The highest BCUT2D eigenvalue weighted by atomic mass is 35.5. The summed E-state index contributed by atoms with van der Waals surface area (Å²) in [6.07, 6.45) is 3.62. The number of nitrogens with one attached hydrogen (secondary N) is 1. The molecule has 1 aromatic rings. The fourth-order valence-corrected chi connectivity index (χ4v) is 1.13. The molecule has 0 radical (unpaired) electrons. The summed E-state index contributed by atoms with van der Waals surface area (Å²) < 4.78 is 0. The minimum absolute atomic E-state index is 0.531. The molecule has 0 saturated heterocycles. The molecule has 0 aliphatic rings. The van der Waals surface area contributed by atoms with Crippen LogP contribution in [0.4, 0.5) is 0 Å². The molecule has 1 aromatic heterocycles. The molecule has 1 atom stereocenters. The first-order valence-electron chi connectivity index (χ1n) is 4.48. The smallest absolute Gasteiger partial charge is 0.0271 e. The topological polar surface area (TPSA) is 24.9 Å². The van der Waals surface area contributed by atoms with Crippen molar-refractivity contribution in [3.63, 3.8) is 0 Å². The van der Waals surface area contributed by atoms with Gasteiger partial charge in [-0.3, -0.25) is 4.98 Å². The van der Waals surface area contributed by atoms with Gasteiger partial charge >= 0.3 is 0 Å². The normalized spacial score (nSPS) is 12.8. The van der Waals surface area contributed by atoms with Crippen LogP contribution < -0.4 is 5.32 Å². The molecular weight excluding hydrogens is 184 g/mol. The van der Waals surface area contributed by atoms with Gasteiger partial charge in [0.2, 0.25) is 0 Å². The third-order valence-electron chi connectivity index (χ3n) is 1.83. The first-order valence-corrected chi connectivity index (χ1v) is 5.02. The highest BCUT2D eigenvalue weighted by Crippen LogP contribution is 1.98. The van der Waals surface area contributed by atoms with Gasteiger partial charge in [-0.15, -0.1) is 11.6 Å². The number of nitrogens with zero attached hydrogens (tertiary/aromatic N) is 1. The van der Waals surface area contributed by atoms with E-state index in [9.17, 15) is 0 Å². The minimum atomic E-state index is 0.531. The summed E-state index contributed by atoms with van der Waals surface area (Å²) in [7, 11) is 0. The van der Waals surface area contributed by atoms with Crippen molar-refractivity contribution in [2.24, 2.45) is 5.92 Å². The highest BCUT2D eigenvalue weighted by molar-refractivity contribution is 6.18. The average Bonchev–Trinajstić information content (AvgIpc) is 2.19. The van der Waals surface area contributed by atoms with E-state index in [0.29, 0.717) is 11.8 Å². The van der Waals surface area contributed by atoms with Gasteiger partial charge in [-0.1, -0.05) is 6.92 Å². The molecule has 72 valence electrons. The van der Waals surface area contributed by atoms with E-state index < -0.39 is 0 Å². The SMILES string of the molecule is CC(CCl)CNCc1ccncc1. The van der Waals surface area contributed by atoms with Crippen molar-refractivity contribution >= 4 is 11.6 Å². The fourth-order valence-electron chi connectivity index (χ4n) is 1.02. The lowest BCUT2D eigenvalue weighted by atomic mass is 10.2. The van der Waals surface area contributed by atoms with Gasteiger partial charge in [0.15, 0.2) is 0 Å². The highest BCUT2D eigenvalue weighted by Gasteiger charge is 1.98. The van der Waals surface area contributed by atoms with Crippen LogP contribution in [0.1, 0.15) is 12.5 Å². The molecule has 1 N–H and O–H groups in total. The van der Waals surface area contributed by atoms with Crippen molar-refractivity contribution < 1.29 is 0 Å². The molecule has 0 saturated carbocycles. The third kappa shape index (κ3) is 4.25. The maximum atomic E-state index is 5.68. The van der Waals surface area contributed by atoms with Crippen LogP contribution in [0.2, 0.25) is 0 Å². The molecule has 0 aliphatic heterocycles. The number of alkyl halides is 1. The van der Waals surface area contributed by atoms with Crippen molar-refractivity contribution in [1.29, 1.82) is 0 Å². The summed E-state index contributed by atoms with van der Waals surface area (Å²) in [5, 5.41) is 3.34. The van der Waals surface area contributed by atoms with E-state index in [-0.39, 0.29) is 0 Å². The number of halogens is 1. The predicted octanol–water partition coefficient (Wildman–Crippen LogP) is 2.05. The summed E-state index contributed by atoms with van der Waals surface area (Å²) in [5.74, 6) is 1.24. The van der Waals surface area contributed by atoms with Gasteiger partial charge in [0.25, 0.3) is 0 Å². The molecule has 2 nitrogen and oxygen atoms in total. The van der Waals surface area contributed by atoms with Gasteiger partial charge in [-0.2, -0.15) is 0 Å². The van der Waals surface area contributed by atoms with Gasteiger partial charge in [-0.05, 0) is 30.2 Å². The van der Waals surface area contributed by atoms with E-state index >= 15 is 0 Å². The summed E-state index contributed by atoms with van der Waals surface area (Å²) in [4.78, 5) is 3.96. The van der Waals surface area contributed by atoms with Gasteiger partial charge < -0.3 is 5.32 Å². The summed E-state index contributed by atoms with van der Waals surface area (Å²) in [6.45, 7) is 3.99. The van der Waals surface area contributed by atoms with E-state index in [2.05, 4.69) is 17.2 Å². The van der Waals surface area contributed by atoms with Gasteiger partial charge in [0.05, 0.1) is 0 Å². The second-order valence-electron chi connectivity index (χ2n) is 3.25. The molecule has 0 bridgehead atoms. The molecule has 1 rings (SSSR count). The Kier molecular flexibility index (Phi) is 4.79. The molecule has 3 heteroatoms. The van der Waals surface area contributed by atoms with Gasteiger partial charge in [0.1, 0.15) is 0 Å². The lowest BCUT2D eigenvalue weighted by molar-refractivity contribution is 0.556.